The lowest BCUT2D eigenvalue weighted by Gasteiger charge is -2.10. The molecule has 0 fully saturated rings. The van der Waals surface area contributed by atoms with Gasteiger partial charge in [-0.05, 0) is 42.5 Å². The molecule has 1 aromatic carbocycles. The first-order valence-electron chi connectivity index (χ1n) is 6.84. The summed E-state index contributed by atoms with van der Waals surface area (Å²) >= 11 is 0. The van der Waals surface area contributed by atoms with Crippen molar-refractivity contribution >= 4 is 10.9 Å². The molecule has 1 unspecified atom stereocenters. The molecule has 1 aromatic heterocycles. The molecule has 1 nitrogen and oxygen atoms in total. The number of benzene rings is 1. The number of halogens is 1. The van der Waals surface area contributed by atoms with Crippen molar-refractivity contribution in [3.05, 3.63) is 35.8 Å². The fraction of sp³-hybridized carbons (Fsp3) is 0.500. The average Bonchev–Trinajstić information content (AvgIpc) is 2.71. The van der Waals surface area contributed by atoms with Crippen molar-refractivity contribution < 1.29 is 4.39 Å². The summed E-state index contributed by atoms with van der Waals surface area (Å²) in [5.74, 6) is 1.12. The molecule has 0 aliphatic rings. The highest BCUT2D eigenvalue weighted by Crippen LogP contribution is 2.26. The first kappa shape index (κ1) is 13.1. The van der Waals surface area contributed by atoms with Crippen molar-refractivity contribution in [3.8, 4) is 0 Å². The molecule has 0 aliphatic heterocycles. The lowest BCUT2D eigenvalue weighted by Crippen LogP contribution is -1.95. The fourth-order valence-corrected chi connectivity index (χ4v) is 2.38. The zero-order valence-electron chi connectivity index (χ0n) is 11.5. The van der Waals surface area contributed by atoms with Crippen LogP contribution in [0.3, 0.4) is 0 Å². The van der Waals surface area contributed by atoms with Gasteiger partial charge in [-0.15, -0.1) is 0 Å². The highest BCUT2D eigenvalue weighted by molar-refractivity contribution is 5.80. The number of rotatable bonds is 5. The Morgan fingerprint density at radius 1 is 1.11 bits per heavy atom. The molecule has 2 heteroatoms. The third-order valence-electron chi connectivity index (χ3n) is 3.55. The second-order valence-corrected chi connectivity index (χ2v) is 5.68. The van der Waals surface area contributed by atoms with Gasteiger partial charge in [0.15, 0.2) is 0 Å². The van der Waals surface area contributed by atoms with Gasteiger partial charge in [-0.1, -0.05) is 33.6 Å². The minimum atomic E-state index is -0.166. The van der Waals surface area contributed by atoms with E-state index in [1.54, 1.807) is 6.07 Å². The summed E-state index contributed by atoms with van der Waals surface area (Å²) in [6, 6.07) is 7.00. The Kier molecular flexibility index (Phi) is 4.05. The molecule has 0 amide bonds. The number of H-pyrrole nitrogens is 1. The summed E-state index contributed by atoms with van der Waals surface area (Å²) in [7, 11) is 0. The Morgan fingerprint density at radius 2 is 1.89 bits per heavy atom. The van der Waals surface area contributed by atoms with E-state index in [1.807, 2.05) is 6.07 Å². The van der Waals surface area contributed by atoms with E-state index in [9.17, 15) is 4.39 Å². The smallest absolute Gasteiger partial charge is 0.123 e. The van der Waals surface area contributed by atoms with E-state index >= 15 is 0 Å². The summed E-state index contributed by atoms with van der Waals surface area (Å²) in [4.78, 5) is 3.39. The van der Waals surface area contributed by atoms with Crippen LogP contribution >= 0.6 is 0 Å². The van der Waals surface area contributed by atoms with E-state index in [-0.39, 0.29) is 5.82 Å². The van der Waals surface area contributed by atoms with Gasteiger partial charge in [0, 0.05) is 16.6 Å². The Hall–Kier alpha value is -1.31. The standard InChI is InChI=1S/C16H22FN/c1-11(2)5-4-6-12(3)16-10-13-9-14(17)7-8-15(13)18-16/h7-12,18H,4-6H2,1-3H3. The van der Waals surface area contributed by atoms with Gasteiger partial charge in [0.1, 0.15) is 5.82 Å². The molecule has 2 rings (SSSR count). The van der Waals surface area contributed by atoms with E-state index < -0.39 is 0 Å². The molecule has 98 valence electrons. The monoisotopic (exact) mass is 247 g/mol. The van der Waals surface area contributed by atoms with E-state index in [0.717, 1.165) is 16.8 Å². The first-order chi connectivity index (χ1) is 8.56. The van der Waals surface area contributed by atoms with Gasteiger partial charge >= 0.3 is 0 Å². The van der Waals surface area contributed by atoms with Gasteiger partial charge in [0.25, 0.3) is 0 Å². The van der Waals surface area contributed by atoms with Crippen LogP contribution in [0.15, 0.2) is 24.3 Å². The second-order valence-electron chi connectivity index (χ2n) is 5.68. The maximum Gasteiger partial charge on any atom is 0.123 e. The van der Waals surface area contributed by atoms with Crippen molar-refractivity contribution in [1.82, 2.24) is 4.98 Å². The van der Waals surface area contributed by atoms with Crippen LogP contribution in [0, 0.1) is 11.7 Å². The Bertz CT molecular complexity index is 513. The summed E-state index contributed by atoms with van der Waals surface area (Å²) in [6.07, 6.45) is 3.72. The molecule has 0 bridgehead atoms. The number of hydrogen-bond donors (Lipinski definition) is 1. The van der Waals surface area contributed by atoms with E-state index in [0.29, 0.717) is 5.92 Å². The van der Waals surface area contributed by atoms with E-state index in [2.05, 4.69) is 31.8 Å². The molecule has 0 radical (unpaired) electrons. The van der Waals surface area contributed by atoms with Gasteiger partial charge in [-0.3, -0.25) is 0 Å². The lowest BCUT2D eigenvalue weighted by atomic mass is 9.97. The van der Waals surface area contributed by atoms with Crippen molar-refractivity contribution in [1.29, 1.82) is 0 Å². The molecule has 1 heterocycles. The fourth-order valence-electron chi connectivity index (χ4n) is 2.38. The molecule has 2 aromatic rings. The first-order valence-corrected chi connectivity index (χ1v) is 6.84. The van der Waals surface area contributed by atoms with E-state index in [1.165, 1.54) is 31.0 Å². The van der Waals surface area contributed by atoms with Crippen LogP contribution in [0.4, 0.5) is 4.39 Å². The Labute approximate surface area is 108 Å². The maximum atomic E-state index is 13.1. The number of nitrogens with one attached hydrogen (secondary N) is 1. The highest BCUT2D eigenvalue weighted by Gasteiger charge is 2.09. The normalized spacial score (nSPS) is 13.4. The van der Waals surface area contributed by atoms with Crippen LogP contribution in [-0.4, -0.2) is 4.98 Å². The van der Waals surface area contributed by atoms with Gasteiger partial charge in [0.05, 0.1) is 0 Å². The Morgan fingerprint density at radius 3 is 2.61 bits per heavy atom. The van der Waals surface area contributed by atoms with Crippen LogP contribution in [0.1, 0.15) is 51.6 Å². The van der Waals surface area contributed by atoms with Crippen molar-refractivity contribution in [2.75, 3.05) is 0 Å². The number of aromatic nitrogens is 1. The van der Waals surface area contributed by atoms with Crippen molar-refractivity contribution in [2.45, 2.75) is 46.0 Å². The minimum absolute atomic E-state index is 0.166. The van der Waals surface area contributed by atoms with E-state index in [4.69, 9.17) is 0 Å². The van der Waals surface area contributed by atoms with Gasteiger partial charge < -0.3 is 4.98 Å². The largest absolute Gasteiger partial charge is 0.358 e. The topological polar surface area (TPSA) is 15.8 Å². The van der Waals surface area contributed by atoms with Crippen LogP contribution < -0.4 is 0 Å². The molecule has 1 N–H and O–H groups in total. The summed E-state index contributed by atoms with van der Waals surface area (Å²) in [5.41, 5.74) is 2.25. The molecular weight excluding hydrogens is 225 g/mol. The van der Waals surface area contributed by atoms with Crippen LogP contribution in [0.25, 0.3) is 10.9 Å². The lowest BCUT2D eigenvalue weighted by molar-refractivity contribution is 0.510. The van der Waals surface area contributed by atoms with Crippen LogP contribution in [0.5, 0.6) is 0 Å². The maximum absolute atomic E-state index is 13.1. The van der Waals surface area contributed by atoms with Crippen LogP contribution in [-0.2, 0) is 0 Å². The summed E-state index contributed by atoms with van der Waals surface area (Å²) in [6.45, 7) is 6.76. The zero-order valence-corrected chi connectivity index (χ0v) is 11.5. The summed E-state index contributed by atoms with van der Waals surface area (Å²) in [5, 5.41) is 0.973. The molecule has 0 spiro atoms. The predicted octanol–water partition coefficient (Wildman–Crippen LogP) is 5.24. The Balaban J connectivity index is 2.06. The molecular formula is C16H22FN. The van der Waals surface area contributed by atoms with Gasteiger partial charge in [0.2, 0.25) is 0 Å². The molecule has 0 saturated heterocycles. The quantitative estimate of drug-likeness (QED) is 0.744. The molecule has 18 heavy (non-hydrogen) atoms. The van der Waals surface area contributed by atoms with Crippen molar-refractivity contribution in [3.63, 3.8) is 0 Å². The third kappa shape index (κ3) is 3.12. The predicted molar refractivity (Wildman–Crippen MR) is 75.4 cm³/mol. The highest BCUT2D eigenvalue weighted by atomic mass is 19.1. The minimum Gasteiger partial charge on any atom is -0.358 e. The number of aromatic amines is 1. The summed E-state index contributed by atoms with van der Waals surface area (Å²) < 4.78 is 13.1. The molecule has 0 saturated carbocycles. The van der Waals surface area contributed by atoms with Crippen molar-refractivity contribution in [2.24, 2.45) is 5.92 Å². The number of fused-ring (bicyclic) bond motifs is 1. The van der Waals surface area contributed by atoms with Gasteiger partial charge in [-0.2, -0.15) is 0 Å². The SMILES string of the molecule is CC(C)CCCC(C)c1cc2cc(F)ccc2[nH]1. The van der Waals surface area contributed by atoms with Gasteiger partial charge in [-0.25, -0.2) is 4.39 Å². The zero-order chi connectivity index (χ0) is 13.1. The molecule has 1 atom stereocenters. The molecule has 0 aliphatic carbocycles. The van der Waals surface area contributed by atoms with Crippen LogP contribution in [0.2, 0.25) is 0 Å². The third-order valence-corrected chi connectivity index (χ3v) is 3.55. The average molecular weight is 247 g/mol. The second kappa shape index (κ2) is 5.55. The number of hydrogen-bond acceptors (Lipinski definition) is 0.